The van der Waals surface area contributed by atoms with Crippen LogP contribution in [0.2, 0.25) is 0 Å². The van der Waals surface area contributed by atoms with E-state index in [0.717, 1.165) is 6.42 Å². The predicted molar refractivity (Wildman–Crippen MR) is 89.3 cm³/mol. The third-order valence-electron chi connectivity index (χ3n) is 2.90. The van der Waals surface area contributed by atoms with Gasteiger partial charge >= 0.3 is 5.97 Å². The Balaban J connectivity index is 2.34. The van der Waals surface area contributed by atoms with Crippen molar-refractivity contribution in [2.24, 2.45) is 0 Å². The highest BCUT2D eigenvalue weighted by atomic mass is 16.5. The van der Waals surface area contributed by atoms with Crippen LogP contribution in [0.25, 0.3) is 6.08 Å². The van der Waals surface area contributed by atoms with Crippen molar-refractivity contribution in [2.75, 3.05) is 26.8 Å². The zero-order valence-electron chi connectivity index (χ0n) is 13.8. The van der Waals surface area contributed by atoms with Gasteiger partial charge in [0.15, 0.2) is 6.61 Å². The minimum atomic E-state index is -0.661. The van der Waals surface area contributed by atoms with E-state index in [1.165, 1.54) is 19.3 Å². The van der Waals surface area contributed by atoms with E-state index in [2.05, 4.69) is 10.6 Å². The van der Waals surface area contributed by atoms with Gasteiger partial charge in [-0.2, -0.15) is 0 Å². The molecule has 7 heteroatoms. The van der Waals surface area contributed by atoms with Gasteiger partial charge in [0, 0.05) is 18.2 Å². The van der Waals surface area contributed by atoms with E-state index in [1.807, 2.05) is 19.1 Å². The van der Waals surface area contributed by atoms with Crippen LogP contribution in [0.3, 0.4) is 0 Å². The lowest BCUT2D eigenvalue weighted by Crippen LogP contribution is -2.38. The van der Waals surface area contributed by atoms with Crippen LogP contribution in [0.15, 0.2) is 30.3 Å². The molecule has 24 heavy (non-hydrogen) atoms. The Bertz CT molecular complexity index is 598. The van der Waals surface area contributed by atoms with Crippen molar-refractivity contribution >= 4 is 23.9 Å². The molecular weight excluding hydrogens is 312 g/mol. The van der Waals surface area contributed by atoms with E-state index in [9.17, 15) is 14.4 Å². The first kappa shape index (κ1) is 19.2. The first-order valence-corrected chi connectivity index (χ1v) is 7.58. The molecule has 0 atom stereocenters. The second-order valence-corrected chi connectivity index (χ2v) is 4.81. The second-order valence-electron chi connectivity index (χ2n) is 4.81. The van der Waals surface area contributed by atoms with Gasteiger partial charge in [-0.25, -0.2) is 4.79 Å². The number of benzene rings is 1. The van der Waals surface area contributed by atoms with E-state index in [4.69, 9.17) is 9.47 Å². The average molecular weight is 334 g/mol. The Labute approximate surface area is 141 Å². The van der Waals surface area contributed by atoms with E-state index in [0.29, 0.717) is 17.9 Å². The van der Waals surface area contributed by atoms with Gasteiger partial charge in [-0.15, -0.1) is 0 Å². The first-order chi connectivity index (χ1) is 11.6. The van der Waals surface area contributed by atoms with Gasteiger partial charge < -0.3 is 20.1 Å². The number of rotatable bonds is 9. The Kier molecular flexibility index (Phi) is 8.67. The van der Waals surface area contributed by atoms with Crippen LogP contribution in [0.4, 0.5) is 0 Å². The molecule has 0 spiro atoms. The summed E-state index contributed by atoms with van der Waals surface area (Å²) < 4.78 is 9.95. The second kappa shape index (κ2) is 10.8. The summed E-state index contributed by atoms with van der Waals surface area (Å²) in [6.45, 7) is 1.89. The van der Waals surface area contributed by atoms with Crippen LogP contribution < -0.4 is 15.4 Å². The van der Waals surface area contributed by atoms with E-state index in [1.54, 1.807) is 12.1 Å². The summed E-state index contributed by atoms with van der Waals surface area (Å²) in [5, 5.41) is 4.98. The topological polar surface area (TPSA) is 93.7 Å². The lowest BCUT2D eigenvalue weighted by Gasteiger charge is -2.06. The summed E-state index contributed by atoms with van der Waals surface area (Å²) in [6.07, 6.45) is 3.56. The molecule has 0 unspecified atom stereocenters. The number of carbonyl (C=O) groups excluding carboxylic acids is 3. The summed E-state index contributed by atoms with van der Waals surface area (Å²) in [5.74, 6) is -0.864. The molecule has 7 nitrogen and oxygen atoms in total. The maximum absolute atomic E-state index is 11.6. The van der Waals surface area contributed by atoms with Crippen molar-refractivity contribution in [3.63, 3.8) is 0 Å². The molecule has 0 aliphatic carbocycles. The molecule has 0 heterocycles. The molecule has 0 fully saturated rings. The minimum Gasteiger partial charge on any atom is -0.496 e. The fourth-order valence-electron chi connectivity index (χ4n) is 1.70. The number of nitrogens with one attached hydrogen (secondary N) is 2. The standard InChI is InChI=1S/C17H22N2O5/c1-3-10-18-15(20)11-19-16(21)12-24-17(22)9-8-13-6-4-5-7-14(13)23-2/h4-9H,3,10-12H2,1-2H3,(H,18,20)(H,19,21)/b9-8+. The largest absolute Gasteiger partial charge is 0.496 e. The summed E-state index contributed by atoms with van der Waals surface area (Å²) in [6, 6.07) is 7.17. The molecule has 0 bridgehead atoms. The predicted octanol–water partition coefficient (Wildman–Crippen LogP) is 0.894. The van der Waals surface area contributed by atoms with Gasteiger partial charge in [0.25, 0.3) is 5.91 Å². The van der Waals surface area contributed by atoms with Gasteiger partial charge in [-0.3, -0.25) is 9.59 Å². The van der Waals surface area contributed by atoms with E-state index < -0.39 is 18.5 Å². The Morgan fingerprint density at radius 3 is 2.58 bits per heavy atom. The third kappa shape index (κ3) is 7.44. The Morgan fingerprint density at radius 2 is 1.88 bits per heavy atom. The molecule has 2 N–H and O–H groups in total. The SMILES string of the molecule is CCCNC(=O)CNC(=O)COC(=O)/C=C/c1ccccc1OC. The zero-order valence-corrected chi connectivity index (χ0v) is 13.8. The van der Waals surface area contributed by atoms with Gasteiger partial charge in [0.05, 0.1) is 13.7 Å². The van der Waals surface area contributed by atoms with Crippen molar-refractivity contribution in [1.29, 1.82) is 0 Å². The maximum Gasteiger partial charge on any atom is 0.331 e. The summed E-state index contributed by atoms with van der Waals surface area (Å²) in [4.78, 5) is 34.4. The lowest BCUT2D eigenvalue weighted by molar-refractivity contribution is -0.143. The third-order valence-corrected chi connectivity index (χ3v) is 2.90. The smallest absolute Gasteiger partial charge is 0.331 e. The molecule has 1 aromatic rings. The summed E-state index contributed by atoms with van der Waals surface area (Å²) in [7, 11) is 1.53. The summed E-state index contributed by atoms with van der Waals surface area (Å²) >= 11 is 0. The molecule has 0 radical (unpaired) electrons. The van der Waals surface area contributed by atoms with Crippen LogP contribution in [-0.2, 0) is 19.1 Å². The molecule has 0 saturated carbocycles. The number of methoxy groups -OCH3 is 1. The molecule has 0 aromatic heterocycles. The molecule has 0 saturated heterocycles. The Morgan fingerprint density at radius 1 is 1.12 bits per heavy atom. The molecule has 0 aliphatic heterocycles. The fraction of sp³-hybridized carbons (Fsp3) is 0.353. The van der Waals surface area contributed by atoms with Crippen LogP contribution in [0, 0.1) is 0 Å². The highest BCUT2D eigenvalue weighted by Crippen LogP contribution is 2.18. The number of hydrogen-bond donors (Lipinski definition) is 2. The molecule has 1 rings (SSSR count). The maximum atomic E-state index is 11.6. The molecule has 130 valence electrons. The number of amides is 2. The molecule has 1 aromatic carbocycles. The molecular formula is C17H22N2O5. The fourth-order valence-corrected chi connectivity index (χ4v) is 1.70. The van der Waals surface area contributed by atoms with Crippen LogP contribution >= 0.6 is 0 Å². The number of esters is 1. The Hall–Kier alpha value is -2.83. The average Bonchev–Trinajstić information content (AvgIpc) is 2.61. The van der Waals surface area contributed by atoms with Gasteiger partial charge in [0.1, 0.15) is 5.75 Å². The van der Waals surface area contributed by atoms with Gasteiger partial charge in [0.2, 0.25) is 5.91 Å². The first-order valence-electron chi connectivity index (χ1n) is 7.58. The zero-order chi connectivity index (χ0) is 17.8. The molecule has 0 aliphatic rings. The van der Waals surface area contributed by atoms with Crippen LogP contribution in [0.1, 0.15) is 18.9 Å². The normalized spacial score (nSPS) is 10.2. The minimum absolute atomic E-state index is 0.145. The highest BCUT2D eigenvalue weighted by Gasteiger charge is 2.07. The highest BCUT2D eigenvalue weighted by molar-refractivity contribution is 5.90. The van der Waals surface area contributed by atoms with Gasteiger partial charge in [-0.1, -0.05) is 25.1 Å². The quantitative estimate of drug-likeness (QED) is 0.517. The lowest BCUT2D eigenvalue weighted by atomic mass is 10.2. The number of para-hydroxylation sites is 1. The van der Waals surface area contributed by atoms with Gasteiger partial charge in [-0.05, 0) is 18.6 Å². The monoisotopic (exact) mass is 334 g/mol. The van der Waals surface area contributed by atoms with E-state index in [-0.39, 0.29) is 12.5 Å². The van der Waals surface area contributed by atoms with Crippen LogP contribution in [0.5, 0.6) is 5.75 Å². The summed E-state index contributed by atoms with van der Waals surface area (Å²) in [5.41, 5.74) is 0.717. The number of carbonyl (C=O) groups is 3. The number of ether oxygens (including phenoxy) is 2. The van der Waals surface area contributed by atoms with Crippen molar-refractivity contribution < 1.29 is 23.9 Å². The van der Waals surface area contributed by atoms with Crippen LogP contribution in [-0.4, -0.2) is 44.6 Å². The number of hydrogen-bond acceptors (Lipinski definition) is 5. The van der Waals surface area contributed by atoms with E-state index >= 15 is 0 Å². The van der Waals surface area contributed by atoms with Crippen molar-refractivity contribution in [2.45, 2.75) is 13.3 Å². The van der Waals surface area contributed by atoms with Crippen molar-refractivity contribution in [3.05, 3.63) is 35.9 Å². The van der Waals surface area contributed by atoms with Crippen molar-refractivity contribution in [1.82, 2.24) is 10.6 Å². The van der Waals surface area contributed by atoms with Crippen molar-refractivity contribution in [3.8, 4) is 5.75 Å². The molecule has 2 amide bonds.